The molecule has 0 bridgehead atoms. The molecule has 0 radical (unpaired) electrons. The predicted octanol–water partition coefficient (Wildman–Crippen LogP) is 4.82. The van der Waals surface area contributed by atoms with E-state index in [1.807, 2.05) is 19.2 Å². The van der Waals surface area contributed by atoms with E-state index in [1.165, 1.54) is 48.8 Å². The van der Waals surface area contributed by atoms with Crippen LogP contribution in [0.2, 0.25) is 0 Å². The Labute approximate surface area is 99.7 Å². The summed E-state index contributed by atoms with van der Waals surface area (Å²) < 4.78 is 0. The largest absolute Gasteiger partial charge is 0.266 e. The molecule has 0 aromatic carbocycles. The molecule has 0 N–H and O–H groups in total. The second-order valence-corrected chi connectivity index (χ2v) is 4.41. The molecule has 0 saturated carbocycles. The lowest BCUT2D eigenvalue weighted by molar-refractivity contribution is 0.707. The molecule has 0 amide bonds. The van der Waals surface area contributed by atoms with E-state index < -0.39 is 0 Å². The van der Waals surface area contributed by atoms with Gasteiger partial charge in [0.25, 0.3) is 0 Å². The minimum Gasteiger partial charge on any atom is -0.266 e. The predicted molar refractivity (Wildman–Crippen MR) is 72.8 cm³/mol. The van der Waals surface area contributed by atoms with E-state index in [4.69, 9.17) is 0 Å². The van der Waals surface area contributed by atoms with Gasteiger partial charge in [0.1, 0.15) is 0 Å². The van der Waals surface area contributed by atoms with Crippen LogP contribution >= 0.6 is 0 Å². The summed E-state index contributed by atoms with van der Waals surface area (Å²) in [6.07, 6.45) is 10.2. The van der Waals surface area contributed by atoms with Crippen molar-refractivity contribution in [3.63, 3.8) is 0 Å². The second-order valence-electron chi connectivity index (χ2n) is 4.41. The molecule has 0 saturated heterocycles. The molecule has 0 spiro atoms. The lowest BCUT2D eigenvalue weighted by atomic mass is 9.95. The Morgan fingerprint density at radius 2 is 1.94 bits per heavy atom. The molecule has 1 aliphatic carbocycles. The molecule has 1 rings (SSSR count). The quantitative estimate of drug-likeness (QED) is 0.475. The Morgan fingerprint density at radius 1 is 1.25 bits per heavy atom. The van der Waals surface area contributed by atoms with E-state index in [-0.39, 0.29) is 0 Å². The zero-order valence-electron chi connectivity index (χ0n) is 10.8. The Bertz CT molecular complexity index is 342. The number of hydrogen-bond acceptors (Lipinski definition) is 1. The first-order valence-corrected chi connectivity index (χ1v) is 6.21. The summed E-state index contributed by atoms with van der Waals surface area (Å²) >= 11 is 0. The van der Waals surface area contributed by atoms with Crippen molar-refractivity contribution in [2.75, 3.05) is 0 Å². The lowest BCUT2D eigenvalue weighted by Crippen LogP contribution is -1.93. The number of rotatable bonds is 3. The average molecular weight is 217 g/mol. The Hall–Kier alpha value is -1.11. The number of nitrogens with zero attached hydrogens (tertiary/aromatic N) is 1. The van der Waals surface area contributed by atoms with E-state index in [0.29, 0.717) is 0 Å². The van der Waals surface area contributed by atoms with Crippen molar-refractivity contribution < 1.29 is 0 Å². The first-order chi connectivity index (χ1) is 7.70. The molecule has 0 aliphatic heterocycles. The summed E-state index contributed by atoms with van der Waals surface area (Å²) in [6, 6.07) is 0. The molecule has 16 heavy (non-hydrogen) atoms. The third-order valence-electron chi connectivity index (χ3n) is 3.24. The van der Waals surface area contributed by atoms with Crippen molar-refractivity contribution in [1.82, 2.24) is 0 Å². The maximum Gasteiger partial charge on any atom is 0.0443 e. The fraction of sp³-hybridized carbons (Fsp3) is 0.533. The molecule has 1 heteroatoms. The van der Waals surface area contributed by atoms with Crippen LogP contribution in [0.3, 0.4) is 0 Å². The third-order valence-corrected chi connectivity index (χ3v) is 3.24. The van der Waals surface area contributed by atoms with Gasteiger partial charge in [-0.1, -0.05) is 24.6 Å². The molecular formula is C15H23N. The van der Waals surface area contributed by atoms with E-state index in [1.54, 1.807) is 0 Å². The summed E-state index contributed by atoms with van der Waals surface area (Å²) in [5.41, 5.74) is 5.35. The molecule has 88 valence electrons. The molecule has 0 aromatic heterocycles. The zero-order chi connectivity index (χ0) is 12.0. The van der Waals surface area contributed by atoms with Gasteiger partial charge in [0.2, 0.25) is 0 Å². The molecule has 0 fully saturated rings. The van der Waals surface area contributed by atoms with Crippen molar-refractivity contribution in [2.24, 2.45) is 4.99 Å². The summed E-state index contributed by atoms with van der Waals surface area (Å²) in [5, 5.41) is 0. The van der Waals surface area contributed by atoms with Crippen molar-refractivity contribution in [1.29, 1.82) is 0 Å². The van der Waals surface area contributed by atoms with Crippen LogP contribution in [-0.4, -0.2) is 6.21 Å². The highest BCUT2D eigenvalue weighted by molar-refractivity contribution is 5.57. The monoisotopic (exact) mass is 217 g/mol. The van der Waals surface area contributed by atoms with Gasteiger partial charge in [-0.2, -0.15) is 0 Å². The van der Waals surface area contributed by atoms with Crippen LogP contribution in [0.15, 0.2) is 40.1 Å². The van der Waals surface area contributed by atoms with E-state index >= 15 is 0 Å². The van der Waals surface area contributed by atoms with E-state index in [9.17, 15) is 0 Å². The lowest BCUT2D eigenvalue weighted by Gasteiger charge is -2.12. The third kappa shape index (κ3) is 3.19. The van der Waals surface area contributed by atoms with Gasteiger partial charge >= 0.3 is 0 Å². The van der Waals surface area contributed by atoms with E-state index in [0.717, 1.165) is 5.70 Å². The molecule has 0 heterocycles. The average Bonchev–Trinajstić information content (AvgIpc) is 2.46. The van der Waals surface area contributed by atoms with Crippen molar-refractivity contribution in [3.8, 4) is 0 Å². The van der Waals surface area contributed by atoms with Crippen LogP contribution in [0.5, 0.6) is 0 Å². The number of aliphatic imine (C=N–C) groups is 1. The Balaban J connectivity index is 3.12. The highest BCUT2D eigenvalue weighted by Crippen LogP contribution is 2.30. The summed E-state index contributed by atoms with van der Waals surface area (Å²) in [7, 11) is 0. The van der Waals surface area contributed by atoms with Crippen LogP contribution in [0.1, 0.15) is 52.9 Å². The number of hydrogen-bond donors (Lipinski definition) is 0. The van der Waals surface area contributed by atoms with Gasteiger partial charge in [-0.05, 0) is 57.6 Å². The van der Waals surface area contributed by atoms with Crippen molar-refractivity contribution in [2.45, 2.75) is 52.9 Å². The molecule has 0 unspecified atom stereocenters. The molecule has 1 aliphatic rings. The zero-order valence-corrected chi connectivity index (χ0v) is 10.8. The Kier molecular flexibility index (Phi) is 5.24. The van der Waals surface area contributed by atoms with Crippen LogP contribution in [0.4, 0.5) is 0 Å². The maximum absolute atomic E-state index is 4.39. The van der Waals surface area contributed by atoms with Gasteiger partial charge < -0.3 is 0 Å². The number of allylic oxidation sites excluding steroid dienone is 5. The molecule has 0 atom stereocenters. The molecular weight excluding hydrogens is 194 g/mol. The SMILES string of the molecule is C=C/C(C1=C(C)CCCCC1)=C(/C)N=CC. The Morgan fingerprint density at radius 3 is 2.56 bits per heavy atom. The van der Waals surface area contributed by atoms with Gasteiger partial charge in [-0.15, -0.1) is 0 Å². The van der Waals surface area contributed by atoms with Gasteiger partial charge in [-0.25, -0.2) is 0 Å². The maximum atomic E-state index is 4.39. The standard InChI is InChI=1S/C15H23N/c1-5-14(13(4)16-6-2)15-11-9-7-8-10-12(15)3/h5-6H,1,7-11H2,2-4H3/b14-13+,16-6?. The minimum atomic E-state index is 1.09. The topological polar surface area (TPSA) is 12.4 Å². The van der Waals surface area contributed by atoms with Crippen molar-refractivity contribution in [3.05, 3.63) is 35.1 Å². The van der Waals surface area contributed by atoms with Crippen LogP contribution < -0.4 is 0 Å². The van der Waals surface area contributed by atoms with Crippen molar-refractivity contribution >= 4 is 6.21 Å². The fourth-order valence-electron chi connectivity index (χ4n) is 2.35. The van der Waals surface area contributed by atoms with Gasteiger partial charge in [0.15, 0.2) is 0 Å². The minimum absolute atomic E-state index is 1.09. The first-order valence-electron chi connectivity index (χ1n) is 6.21. The summed E-state index contributed by atoms with van der Waals surface area (Å²) in [5.74, 6) is 0. The van der Waals surface area contributed by atoms with Gasteiger partial charge in [0.05, 0.1) is 0 Å². The summed E-state index contributed by atoms with van der Waals surface area (Å²) in [4.78, 5) is 4.39. The highest BCUT2D eigenvalue weighted by Gasteiger charge is 2.12. The van der Waals surface area contributed by atoms with Crippen LogP contribution in [-0.2, 0) is 0 Å². The summed E-state index contributed by atoms with van der Waals surface area (Å²) in [6.45, 7) is 10.2. The fourth-order valence-corrected chi connectivity index (χ4v) is 2.35. The highest BCUT2D eigenvalue weighted by atomic mass is 14.7. The van der Waals surface area contributed by atoms with Gasteiger partial charge in [0, 0.05) is 11.9 Å². The van der Waals surface area contributed by atoms with Crippen LogP contribution in [0.25, 0.3) is 0 Å². The van der Waals surface area contributed by atoms with E-state index in [2.05, 4.69) is 25.4 Å². The molecule has 1 nitrogen and oxygen atoms in total. The second kappa shape index (κ2) is 6.47. The van der Waals surface area contributed by atoms with Gasteiger partial charge in [-0.3, -0.25) is 4.99 Å². The first kappa shape index (κ1) is 13.0. The smallest absolute Gasteiger partial charge is 0.0443 e. The van der Waals surface area contributed by atoms with Crippen LogP contribution in [0, 0.1) is 0 Å². The normalized spacial score (nSPS) is 19.7. The molecule has 0 aromatic rings.